The topological polar surface area (TPSA) is 20.3 Å². The molecule has 2 heterocycles. The Hall–Kier alpha value is -0.630. The minimum atomic E-state index is 0.504. The van der Waals surface area contributed by atoms with E-state index in [-0.39, 0.29) is 0 Å². The monoisotopic (exact) mass is 219 g/mol. The van der Waals surface area contributed by atoms with E-state index in [1.54, 1.807) is 5.57 Å². The Morgan fingerprint density at radius 3 is 2.62 bits per heavy atom. The number of carbonyl (C=O) groups is 1. The molecule has 0 spiro atoms. The van der Waals surface area contributed by atoms with Crippen molar-refractivity contribution in [2.75, 3.05) is 6.54 Å². The highest BCUT2D eigenvalue weighted by molar-refractivity contribution is 5.80. The summed E-state index contributed by atoms with van der Waals surface area (Å²) in [6.07, 6.45) is 11.8. The molecule has 3 rings (SSSR count). The summed E-state index contributed by atoms with van der Waals surface area (Å²) in [5.41, 5.74) is 1.66. The van der Waals surface area contributed by atoms with E-state index in [2.05, 4.69) is 11.0 Å². The molecule has 2 bridgehead atoms. The SMILES string of the molecule is O=C1CC2CCC(C1)N2CCC1=CCCC1. The van der Waals surface area contributed by atoms with Gasteiger partial charge in [0, 0.05) is 31.5 Å². The fourth-order valence-corrected chi connectivity index (χ4v) is 3.66. The summed E-state index contributed by atoms with van der Waals surface area (Å²) in [6.45, 7) is 1.20. The lowest BCUT2D eigenvalue weighted by atomic mass is 10.0. The van der Waals surface area contributed by atoms with Gasteiger partial charge in [-0.05, 0) is 38.5 Å². The normalized spacial score (nSPS) is 34.5. The molecule has 0 amide bonds. The maximum atomic E-state index is 11.5. The van der Waals surface area contributed by atoms with Crippen LogP contribution in [0.1, 0.15) is 51.4 Å². The van der Waals surface area contributed by atoms with E-state index < -0.39 is 0 Å². The maximum Gasteiger partial charge on any atom is 0.136 e. The molecular weight excluding hydrogens is 198 g/mol. The summed E-state index contributed by atoms with van der Waals surface area (Å²) in [5.74, 6) is 0.504. The molecule has 16 heavy (non-hydrogen) atoms. The Morgan fingerprint density at radius 2 is 2.00 bits per heavy atom. The van der Waals surface area contributed by atoms with Crippen molar-refractivity contribution in [2.24, 2.45) is 0 Å². The van der Waals surface area contributed by atoms with E-state index in [1.165, 1.54) is 45.1 Å². The molecule has 0 N–H and O–H groups in total. The predicted octanol–water partition coefficient (Wildman–Crippen LogP) is 2.68. The minimum absolute atomic E-state index is 0.504. The van der Waals surface area contributed by atoms with E-state index in [9.17, 15) is 4.79 Å². The van der Waals surface area contributed by atoms with Gasteiger partial charge in [0.05, 0.1) is 0 Å². The number of ketones is 1. The Morgan fingerprint density at radius 1 is 1.25 bits per heavy atom. The van der Waals surface area contributed by atoms with Gasteiger partial charge in [0.1, 0.15) is 5.78 Å². The molecule has 2 nitrogen and oxygen atoms in total. The zero-order chi connectivity index (χ0) is 11.0. The van der Waals surface area contributed by atoms with Gasteiger partial charge in [0.25, 0.3) is 0 Å². The molecule has 0 radical (unpaired) electrons. The van der Waals surface area contributed by atoms with Crippen LogP contribution in [0.4, 0.5) is 0 Å². The lowest BCUT2D eigenvalue weighted by Crippen LogP contribution is -2.43. The Balaban J connectivity index is 1.57. The first-order valence-corrected chi connectivity index (χ1v) is 6.78. The maximum absolute atomic E-state index is 11.5. The van der Waals surface area contributed by atoms with Crippen molar-refractivity contribution in [1.82, 2.24) is 4.90 Å². The van der Waals surface area contributed by atoms with Crippen LogP contribution in [0.15, 0.2) is 11.6 Å². The molecule has 3 aliphatic rings. The van der Waals surface area contributed by atoms with Gasteiger partial charge in [-0.3, -0.25) is 9.69 Å². The minimum Gasteiger partial charge on any atom is -0.300 e. The van der Waals surface area contributed by atoms with E-state index in [0.717, 1.165) is 12.8 Å². The summed E-state index contributed by atoms with van der Waals surface area (Å²) in [6, 6.07) is 1.18. The number of hydrogen-bond donors (Lipinski definition) is 0. The third kappa shape index (κ3) is 1.95. The lowest BCUT2D eigenvalue weighted by molar-refractivity contribution is -0.123. The van der Waals surface area contributed by atoms with Crippen LogP contribution in [-0.2, 0) is 4.79 Å². The van der Waals surface area contributed by atoms with E-state index >= 15 is 0 Å². The number of fused-ring (bicyclic) bond motifs is 2. The molecule has 88 valence electrons. The van der Waals surface area contributed by atoms with Crippen molar-refractivity contribution in [1.29, 1.82) is 0 Å². The van der Waals surface area contributed by atoms with Crippen molar-refractivity contribution in [3.8, 4) is 0 Å². The van der Waals surface area contributed by atoms with Crippen LogP contribution >= 0.6 is 0 Å². The van der Waals surface area contributed by atoms with Gasteiger partial charge in [0.15, 0.2) is 0 Å². The van der Waals surface area contributed by atoms with Crippen LogP contribution in [0.5, 0.6) is 0 Å². The van der Waals surface area contributed by atoms with Gasteiger partial charge in [-0.1, -0.05) is 11.6 Å². The van der Waals surface area contributed by atoms with Crippen LogP contribution in [0.25, 0.3) is 0 Å². The summed E-state index contributed by atoms with van der Waals surface area (Å²) in [5, 5.41) is 0. The first-order chi connectivity index (χ1) is 7.83. The highest BCUT2D eigenvalue weighted by atomic mass is 16.1. The molecule has 0 aromatic rings. The molecule has 2 saturated heterocycles. The molecule has 2 atom stereocenters. The van der Waals surface area contributed by atoms with Crippen LogP contribution in [0, 0.1) is 0 Å². The highest BCUT2D eigenvalue weighted by Gasteiger charge is 2.39. The fraction of sp³-hybridized carbons (Fsp3) is 0.786. The van der Waals surface area contributed by atoms with Gasteiger partial charge in [-0.15, -0.1) is 0 Å². The number of carbonyl (C=O) groups excluding carboxylic acids is 1. The summed E-state index contributed by atoms with van der Waals surface area (Å²) in [7, 11) is 0. The van der Waals surface area contributed by atoms with Crippen molar-refractivity contribution in [2.45, 2.75) is 63.5 Å². The molecule has 2 unspecified atom stereocenters. The number of Topliss-reactive ketones (excluding diaryl/α,β-unsaturated/α-hetero) is 1. The highest BCUT2D eigenvalue weighted by Crippen LogP contribution is 2.34. The second kappa shape index (κ2) is 4.33. The first kappa shape index (κ1) is 10.5. The zero-order valence-corrected chi connectivity index (χ0v) is 9.95. The molecule has 2 aliphatic heterocycles. The second-order valence-electron chi connectivity index (χ2n) is 5.57. The van der Waals surface area contributed by atoms with Gasteiger partial charge in [-0.2, -0.15) is 0 Å². The quantitative estimate of drug-likeness (QED) is 0.680. The molecule has 0 saturated carbocycles. The molecule has 2 heteroatoms. The van der Waals surface area contributed by atoms with Crippen molar-refractivity contribution < 1.29 is 4.79 Å². The van der Waals surface area contributed by atoms with Gasteiger partial charge < -0.3 is 0 Å². The lowest BCUT2D eigenvalue weighted by Gasteiger charge is -2.34. The summed E-state index contributed by atoms with van der Waals surface area (Å²) < 4.78 is 0. The van der Waals surface area contributed by atoms with Crippen LogP contribution in [-0.4, -0.2) is 29.3 Å². The molecule has 2 fully saturated rings. The average molecular weight is 219 g/mol. The Bertz CT molecular complexity index is 305. The van der Waals surface area contributed by atoms with Crippen LogP contribution in [0.2, 0.25) is 0 Å². The third-order valence-corrected chi connectivity index (χ3v) is 4.52. The summed E-state index contributed by atoms with van der Waals surface area (Å²) in [4.78, 5) is 14.1. The van der Waals surface area contributed by atoms with Crippen molar-refractivity contribution in [3.63, 3.8) is 0 Å². The predicted molar refractivity (Wildman–Crippen MR) is 64.3 cm³/mol. The third-order valence-electron chi connectivity index (χ3n) is 4.52. The van der Waals surface area contributed by atoms with Crippen LogP contribution < -0.4 is 0 Å². The molecule has 1 aliphatic carbocycles. The number of nitrogens with zero attached hydrogens (tertiary/aromatic N) is 1. The number of rotatable bonds is 3. The largest absolute Gasteiger partial charge is 0.300 e. The second-order valence-corrected chi connectivity index (χ2v) is 5.57. The molecule has 0 aromatic heterocycles. The fourth-order valence-electron chi connectivity index (χ4n) is 3.66. The van der Waals surface area contributed by atoms with Gasteiger partial charge in [0.2, 0.25) is 0 Å². The Labute approximate surface area is 97.7 Å². The van der Waals surface area contributed by atoms with Crippen LogP contribution in [0.3, 0.4) is 0 Å². The number of piperidine rings is 1. The molecular formula is C14H21NO. The number of hydrogen-bond acceptors (Lipinski definition) is 2. The van der Waals surface area contributed by atoms with E-state index in [0.29, 0.717) is 17.9 Å². The first-order valence-electron chi connectivity index (χ1n) is 6.78. The van der Waals surface area contributed by atoms with Crippen molar-refractivity contribution in [3.05, 3.63) is 11.6 Å². The zero-order valence-electron chi connectivity index (χ0n) is 9.95. The van der Waals surface area contributed by atoms with E-state index in [1.807, 2.05) is 0 Å². The van der Waals surface area contributed by atoms with E-state index in [4.69, 9.17) is 0 Å². The Kier molecular flexibility index (Phi) is 2.84. The van der Waals surface area contributed by atoms with Gasteiger partial charge in [-0.25, -0.2) is 0 Å². The average Bonchev–Trinajstić information content (AvgIpc) is 2.83. The molecule has 0 aromatic carbocycles. The van der Waals surface area contributed by atoms with Gasteiger partial charge >= 0.3 is 0 Å². The number of allylic oxidation sites excluding steroid dienone is 1. The standard InChI is InChI=1S/C14H21NO/c16-14-9-12-5-6-13(10-14)15(12)8-7-11-3-1-2-4-11/h3,12-13H,1-2,4-10H2. The smallest absolute Gasteiger partial charge is 0.136 e. The summed E-state index contributed by atoms with van der Waals surface area (Å²) >= 11 is 0. The van der Waals surface area contributed by atoms with Crippen molar-refractivity contribution >= 4 is 5.78 Å².